The normalized spacial score (nSPS) is 12.6. The fraction of sp³-hybridized carbons (Fsp3) is 1.00. The summed E-state index contributed by atoms with van der Waals surface area (Å²) >= 11 is 0. The van der Waals surface area contributed by atoms with Gasteiger partial charge in [-0.1, -0.05) is 129 Å². The summed E-state index contributed by atoms with van der Waals surface area (Å²) in [7, 11) is -4.57. The minimum absolute atomic E-state index is 0. The van der Waals surface area contributed by atoms with E-state index in [9.17, 15) is 13.0 Å². The van der Waals surface area contributed by atoms with Gasteiger partial charge in [0.15, 0.2) is 0 Å². The molecule has 0 aromatic heterocycles. The van der Waals surface area contributed by atoms with Crippen LogP contribution >= 0.6 is 0 Å². The maximum Gasteiger partial charge on any atom is 1.00 e. The van der Waals surface area contributed by atoms with E-state index in [2.05, 4.69) is 18.0 Å². The van der Waals surface area contributed by atoms with Crippen molar-refractivity contribution in [3.8, 4) is 0 Å². The van der Waals surface area contributed by atoms with Gasteiger partial charge in [0.1, 0.15) is 0 Å². The predicted octanol–water partition coefficient (Wildman–Crippen LogP) is 4.93. The molecule has 0 heterocycles. The Bertz CT molecular complexity index is 429. The van der Waals surface area contributed by atoms with Crippen molar-refractivity contribution < 1.29 is 68.5 Å². The number of unbranched alkanes of at least 4 members (excludes halogenated alkanes) is 16. The van der Waals surface area contributed by atoms with Gasteiger partial charge in [0.2, 0.25) is 10.4 Å². The molecule has 0 rings (SSSR count). The van der Waals surface area contributed by atoms with Crippen LogP contribution in [0.4, 0.5) is 0 Å². The Morgan fingerprint density at radius 1 is 0.600 bits per heavy atom. The second-order valence-electron chi connectivity index (χ2n) is 8.79. The Hall–Kier alpha value is 1.51. The average molecular weight is 473 g/mol. The number of hydrogen-bond acceptors (Lipinski definition) is 4. The Labute approximate surface area is 231 Å². The standard InChI is InChI=1S/C24H50O4S.K/c1-3-5-7-9-11-12-13-14-15-16-18-20-22-24(23-28-29(25,26)27)21-19-17-10-8-6-4-2;/h24H,3-23H2,1-2H3,(H,25,26,27);/q;+1/p-1. The fourth-order valence-corrected chi connectivity index (χ4v) is 4.34. The summed E-state index contributed by atoms with van der Waals surface area (Å²) in [4.78, 5) is 0. The van der Waals surface area contributed by atoms with Crippen LogP contribution in [0.25, 0.3) is 0 Å². The van der Waals surface area contributed by atoms with Crippen LogP contribution in [-0.2, 0) is 14.6 Å². The first kappa shape index (κ1) is 33.7. The molecular weight excluding hydrogens is 423 g/mol. The Morgan fingerprint density at radius 2 is 0.900 bits per heavy atom. The van der Waals surface area contributed by atoms with Crippen LogP contribution in [0.3, 0.4) is 0 Å². The Balaban J connectivity index is 0. The molecule has 6 heteroatoms. The van der Waals surface area contributed by atoms with Crippen molar-refractivity contribution in [3.63, 3.8) is 0 Å². The Morgan fingerprint density at radius 3 is 1.20 bits per heavy atom. The molecule has 1 unspecified atom stereocenters. The van der Waals surface area contributed by atoms with Crippen LogP contribution in [0.1, 0.15) is 142 Å². The van der Waals surface area contributed by atoms with Gasteiger partial charge in [-0.05, 0) is 18.8 Å². The summed E-state index contributed by atoms with van der Waals surface area (Å²) in [6.45, 7) is 4.54. The molecule has 0 saturated carbocycles. The maximum absolute atomic E-state index is 10.8. The zero-order chi connectivity index (χ0) is 21.6. The van der Waals surface area contributed by atoms with Gasteiger partial charge >= 0.3 is 51.4 Å². The van der Waals surface area contributed by atoms with Gasteiger partial charge in [-0.25, -0.2) is 8.42 Å². The molecule has 0 spiro atoms. The molecule has 1 atom stereocenters. The average Bonchev–Trinajstić information content (AvgIpc) is 2.68. The summed E-state index contributed by atoms with van der Waals surface area (Å²) < 4.78 is 36.9. The van der Waals surface area contributed by atoms with Crippen molar-refractivity contribution in [2.45, 2.75) is 142 Å². The largest absolute Gasteiger partial charge is 1.00 e. The van der Waals surface area contributed by atoms with E-state index >= 15 is 0 Å². The van der Waals surface area contributed by atoms with E-state index in [1.807, 2.05) is 0 Å². The molecular formula is C24H49KO4S. The van der Waals surface area contributed by atoms with Gasteiger partial charge in [0.05, 0.1) is 6.61 Å². The monoisotopic (exact) mass is 472 g/mol. The molecule has 0 aliphatic heterocycles. The molecule has 0 aromatic rings. The van der Waals surface area contributed by atoms with Crippen molar-refractivity contribution in [1.82, 2.24) is 0 Å². The fourth-order valence-electron chi connectivity index (χ4n) is 3.98. The third-order valence-electron chi connectivity index (χ3n) is 5.88. The molecule has 0 saturated heterocycles. The van der Waals surface area contributed by atoms with E-state index in [0.29, 0.717) is 0 Å². The molecule has 0 N–H and O–H groups in total. The minimum atomic E-state index is -4.57. The summed E-state index contributed by atoms with van der Waals surface area (Å²) in [5.41, 5.74) is 0. The molecule has 0 radical (unpaired) electrons. The number of rotatable bonds is 23. The molecule has 4 nitrogen and oxygen atoms in total. The van der Waals surface area contributed by atoms with E-state index in [4.69, 9.17) is 0 Å². The zero-order valence-corrected chi connectivity index (χ0v) is 24.4. The van der Waals surface area contributed by atoms with Crippen LogP contribution in [0.5, 0.6) is 0 Å². The first-order valence-electron chi connectivity index (χ1n) is 12.6. The third kappa shape index (κ3) is 27.5. The van der Waals surface area contributed by atoms with E-state index in [0.717, 1.165) is 25.7 Å². The third-order valence-corrected chi connectivity index (χ3v) is 6.30. The van der Waals surface area contributed by atoms with Crippen LogP contribution < -0.4 is 51.4 Å². The first-order chi connectivity index (χ1) is 14.0. The van der Waals surface area contributed by atoms with Gasteiger partial charge in [-0.15, -0.1) is 0 Å². The van der Waals surface area contributed by atoms with E-state index in [1.165, 1.54) is 103 Å². The van der Waals surface area contributed by atoms with Crippen LogP contribution in [0.2, 0.25) is 0 Å². The minimum Gasteiger partial charge on any atom is -0.726 e. The van der Waals surface area contributed by atoms with Crippen molar-refractivity contribution in [1.29, 1.82) is 0 Å². The molecule has 0 aliphatic carbocycles. The quantitative estimate of drug-likeness (QED) is 0.0915. The first-order valence-corrected chi connectivity index (χ1v) is 13.9. The van der Waals surface area contributed by atoms with Crippen molar-refractivity contribution in [2.75, 3.05) is 6.61 Å². The second-order valence-corrected chi connectivity index (χ2v) is 9.85. The maximum atomic E-state index is 10.8. The summed E-state index contributed by atoms with van der Waals surface area (Å²) in [6, 6.07) is 0. The topological polar surface area (TPSA) is 66.4 Å². The zero-order valence-electron chi connectivity index (χ0n) is 20.5. The molecule has 0 amide bonds. The van der Waals surface area contributed by atoms with Crippen molar-refractivity contribution in [3.05, 3.63) is 0 Å². The van der Waals surface area contributed by atoms with Gasteiger partial charge < -0.3 is 4.55 Å². The van der Waals surface area contributed by atoms with E-state index in [1.54, 1.807) is 0 Å². The van der Waals surface area contributed by atoms with Crippen LogP contribution in [-0.4, -0.2) is 19.6 Å². The predicted molar refractivity (Wildman–Crippen MR) is 123 cm³/mol. The molecule has 0 bridgehead atoms. The second kappa shape index (κ2) is 25.1. The Kier molecular flexibility index (Phi) is 28.2. The SMILES string of the molecule is CCCCCCCCCCCCCCC(CCCCCCCC)COS(=O)(=O)[O-].[K+]. The van der Waals surface area contributed by atoms with E-state index in [-0.39, 0.29) is 63.9 Å². The molecule has 30 heavy (non-hydrogen) atoms. The molecule has 0 fully saturated rings. The smallest absolute Gasteiger partial charge is 0.726 e. The summed E-state index contributed by atoms with van der Waals surface area (Å²) in [5, 5.41) is 0. The van der Waals surface area contributed by atoms with Gasteiger partial charge in [0, 0.05) is 0 Å². The summed E-state index contributed by atoms with van der Waals surface area (Å²) in [6.07, 6.45) is 25.2. The van der Waals surface area contributed by atoms with Crippen LogP contribution in [0.15, 0.2) is 0 Å². The van der Waals surface area contributed by atoms with E-state index < -0.39 is 10.4 Å². The van der Waals surface area contributed by atoms with Crippen molar-refractivity contribution in [2.24, 2.45) is 5.92 Å². The van der Waals surface area contributed by atoms with Gasteiger partial charge in [-0.2, -0.15) is 0 Å². The molecule has 0 aromatic carbocycles. The number of hydrogen-bond donors (Lipinski definition) is 0. The van der Waals surface area contributed by atoms with Gasteiger partial charge in [0.25, 0.3) is 0 Å². The van der Waals surface area contributed by atoms with Crippen molar-refractivity contribution >= 4 is 10.4 Å². The van der Waals surface area contributed by atoms with Crippen LogP contribution in [0, 0.1) is 5.92 Å². The molecule has 176 valence electrons. The summed E-state index contributed by atoms with van der Waals surface area (Å²) in [5.74, 6) is 0.202. The molecule has 0 aliphatic rings. The van der Waals surface area contributed by atoms with Gasteiger partial charge in [-0.3, -0.25) is 4.18 Å².